The van der Waals surface area contributed by atoms with E-state index in [1.807, 2.05) is 13.8 Å². The lowest BCUT2D eigenvalue weighted by atomic mass is 9.81. The van der Waals surface area contributed by atoms with Crippen LogP contribution in [0.2, 0.25) is 0 Å². The first-order valence-corrected chi connectivity index (χ1v) is 13.7. The maximum absolute atomic E-state index is 13.3. The molecule has 0 atom stereocenters. The summed E-state index contributed by atoms with van der Waals surface area (Å²) in [5.74, 6) is -3.67. The summed E-state index contributed by atoms with van der Waals surface area (Å²) in [7, 11) is 0. The number of carbonyl (C=O) groups is 2. The average molecular weight is 547 g/mol. The lowest BCUT2D eigenvalue weighted by Crippen LogP contribution is -2.51. The van der Waals surface area contributed by atoms with Crippen LogP contribution in [0.1, 0.15) is 61.1 Å². The van der Waals surface area contributed by atoms with Crippen molar-refractivity contribution in [2.45, 2.75) is 65.0 Å². The SMILES string of the molecule is Cc1nn2c(=O)c(C(=O)NC3CC3)c(O)n(CC(C)C)c2c1/C=C/C(=O)N1CCN(CC2CC(F)(F)C2)CC1. The van der Waals surface area contributed by atoms with Crippen LogP contribution in [0.4, 0.5) is 8.78 Å². The highest BCUT2D eigenvalue weighted by atomic mass is 19.3. The highest BCUT2D eigenvalue weighted by Crippen LogP contribution is 2.42. The third kappa shape index (κ3) is 5.70. The number of nitrogens with one attached hydrogen (secondary N) is 1. The Kier molecular flexibility index (Phi) is 7.25. The molecule has 0 unspecified atom stereocenters. The average Bonchev–Trinajstić information content (AvgIpc) is 3.59. The second kappa shape index (κ2) is 10.4. The highest BCUT2D eigenvalue weighted by Gasteiger charge is 2.45. The Labute approximate surface area is 225 Å². The Bertz CT molecular complexity index is 1360. The number of aryl methyl sites for hydroxylation is 1. The molecular weight excluding hydrogens is 510 g/mol. The second-order valence-corrected chi connectivity index (χ2v) is 11.6. The molecule has 10 nitrogen and oxygen atoms in total. The number of halogens is 2. The first-order valence-electron chi connectivity index (χ1n) is 13.7. The van der Waals surface area contributed by atoms with Gasteiger partial charge in [-0.1, -0.05) is 13.8 Å². The Morgan fingerprint density at radius 1 is 1.18 bits per heavy atom. The van der Waals surface area contributed by atoms with Crippen LogP contribution in [-0.2, 0) is 11.3 Å². The van der Waals surface area contributed by atoms with Gasteiger partial charge >= 0.3 is 0 Å². The van der Waals surface area contributed by atoms with Crippen molar-refractivity contribution in [3.63, 3.8) is 0 Å². The van der Waals surface area contributed by atoms with Crippen molar-refractivity contribution < 1.29 is 23.5 Å². The molecule has 2 saturated carbocycles. The smallest absolute Gasteiger partial charge is 0.291 e. The number of piperazine rings is 1. The number of amides is 2. The summed E-state index contributed by atoms with van der Waals surface area (Å²) >= 11 is 0. The van der Waals surface area contributed by atoms with Crippen LogP contribution >= 0.6 is 0 Å². The number of hydrogen-bond acceptors (Lipinski definition) is 6. The van der Waals surface area contributed by atoms with E-state index >= 15 is 0 Å². The van der Waals surface area contributed by atoms with E-state index in [1.54, 1.807) is 17.9 Å². The van der Waals surface area contributed by atoms with Gasteiger partial charge < -0.3 is 15.3 Å². The fourth-order valence-electron chi connectivity index (χ4n) is 5.47. The third-order valence-electron chi connectivity index (χ3n) is 7.68. The van der Waals surface area contributed by atoms with E-state index in [1.165, 1.54) is 10.6 Å². The Balaban J connectivity index is 1.35. The lowest BCUT2D eigenvalue weighted by molar-refractivity contribution is -0.129. The maximum atomic E-state index is 13.3. The Hall–Kier alpha value is -3.28. The van der Waals surface area contributed by atoms with E-state index in [0.717, 1.165) is 17.4 Å². The summed E-state index contributed by atoms with van der Waals surface area (Å²) in [6.45, 7) is 8.83. The summed E-state index contributed by atoms with van der Waals surface area (Å²) in [4.78, 5) is 42.9. The molecular formula is C27H36F2N6O4. The zero-order valence-electron chi connectivity index (χ0n) is 22.6. The molecule has 2 N–H and O–H groups in total. The molecule has 1 aliphatic heterocycles. The molecule has 3 heterocycles. The van der Waals surface area contributed by atoms with Crippen molar-refractivity contribution >= 4 is 23.5 Å². The van der Waals surface area contributed by atoms with E-state index < -0.39 is 23.3 Å². The monoisotopic (exact) mass is 546 g/mol. The molecule has 2 aromatic rings. The largest absolute Gasteiger partial charge is 0.494 e. The molecule has 212 valence electrons. The maximum Gasteiger partial charge on any atom is 0.291 e. The van der Waals surface area contributed by atoms with Crippen molar-refractivity contribution in [3.05, 3.63) is 33.3 Å². The van der Waals surface area contributed by atoms with Crippen LogP contribution in [0.3, 0.4) is 0 Å². The molecule has 2 amide bonds. The van der Waals surface area contributed by atoms with E-state index in [-0.39, 0.29) is 42.2 Å². The third-order valence-corrected chi connectivity index (χ3v) is 7.68. The normalized spacial score (nSPS) is 20.2. The summed E-state index contributed by atoms with van der Waals surface area (Å²) < 4.78 is 28.9. The van der Waals surface area contributed by atoms with Gasteiger partial charge in [-0.05, 0) is 37.7 Å². The predicted octanol–water partition coefficient (Wildman–Crippen LogP) is 2.26. The summed E-state index contributed by atoms with van der Waals surface area (Å²) in [5, 5.41) is 18.2. The minimum Gasteiger partial charge on any atom is -0.494 e. The summed E-state index contributed by atoms with van der Waals surface area (Å²) in [6.07, 6.45) is 4.60. The van der Waals surface area contributed by atoms with Crippen molar-refractivity contribution in [2.24, 2.45) is 11.8 Å². The van der Waals surface area contributed by atoms with Crippen molar-refractivity contribution in [3.8, 4) is 5.88 Å². The number of nitrogens with zero attached hydrogens (tertiary/aromatic N) is 5. The fraction of sp³-hybridized carbons (Fsp3) is 0.630. The van der Waals surface area contributed by atoms with Crippen LogP contribution in [0.15, 0.2) is 10.9 Å². The van der Waals surface area contributed by atoms with E-state index in [4.69, 9.17) is 0 Å². The van der Waals surface area contributed by atoms with Gasteiger partial charge in [0.15, 0.2) is 5.56 Å². The quantitative estimate of drug-likeness (QED) is 0.492. The number of alkyl halides is 2. The molecule has 3 fully saturated rings. The molecule has 1 saturated heterocycles. The van der Waals surface area contributed by atoms with E-state index in [9.17, 15) is 28.3 Å². The molecule has 0 spiro atoms. The van der Waals surface area contributed by atoms with E-state index in [0.29, 0.717) is 56.2 Å². The van der Waals surface area contributed by atoms with Gasteiger partial charge in [0.2, 0.25) is 17.7 Å². The lowest BCUT2D eigenvalue weighted by Gasteiger charge is -2.41. The van der Waals surface area contributed by atoms with Gasteiger partial charge in [0, 0.05) is 69.8 Å². The summed E-state index contributed by atoms with van der Waals surface area (Å²) in [5.41, 5.74) is 0.255. The summed E-state index contributed by atoms with van der Waals surface area (Å²) in [6, 6.07) is 0.0132. The number of hydrogen-bond donors (Lipinski definition) is 2. The standard InChI is InChI=1S/C27H36F2N6O4/c1-16(2)14-34-24-20(17(3)31-35(24)26(39)22(25(34)38)23(37)30-19-4-5-19)6-7-21(36)33-10-8-32(9-11-33)15-18-12-27(28,29)13-18/h6-7,16,18-19,38H,4-5,8-15H2,1-3H3,(H,30,37)/b7-6+. The zero-order chi connectivity index (χ0) is 28.1. The van der Waals surface area contributed by atoms with Crippen molar-refractivity contribution in [1.82, 2.24) is 29.3 Å². The van der Waals surface area contributed by atoms with E-state index in [2.05, 4.69) is 15.3 Å². The van der Waals surface area contributed by atoms with Gasteiger partial charge in [-0.2, -0.15) is 9.61 Å². The Morgan fingerprint density at radius 3 is 2.44 bits per heavy atom. The van der Waals surface area contributed by atoms with Crippen molar-refractivity contribution in [2.75, 3.05) is 32.7 Å². The van der Waals surface area contributed by atoms with Crippen LogP contribution in [0.5, 0.6) is 5.88 Å². The zero-order valence-corrected chi connectivity index (χ0v) is 22.6. The minimum atomic E-state index is -2.52. The minimum absolute atomic E-state index is 0.0132. The van der Waals surface area contributed by atoms with Gasteiger partial charge in [-0.25, -0.2) is 8.78 Å². The topological polar surface area (TPSA) is 112 Å². The molecule has 5 rings (SSSR count). The molecule has 0 bridgehead atoms. The van der Waals surface area contributed by atoms with Gasteiger partial charge in [-0.3, -0.25) is 23.9 Å². The highest BCUT2D eigenvalue weighted by molar-refractivity contribution is 5.97. The Morgan fingerprint density at radius 2 is 1.85 bits per heavy atom. The van der Waals surface area contributed by atoms with Gasteiger partial charge in [0.05, 0.1) is 5.69 Å². The molecule has 39 heavy (non-hydrogen) atoms. The first kappa shape index (κ1) is 27.3. The van der Waals surface area contributed by atoms with Gasteiger partial charge in [0.25, 0.3) is 11.5 Å². The second-order valence-electron chi connectivity index (χ2n) is 11.6. The molecule has 2 aliphatic carbocycles. The molecule has 0 radical (unpaired) electrons. The molecule has 0 aromatic carbocycles. The molecule has 3 aliphatic rings. The van der Waals surface area contributed by atoms with Gasteiger partial charge in [0.1, 0.15) is 5.65 Å². The number of aromatic nitrogens is 3. The van der Waals surface area contributed by atoms with Crippen molar-refractivity contribution in [1.29, 1.82) is 0 Å². The fourth-order valence-corrected chi connectivity index (χ4v) is 5.47. The number of carbonyl (C=O) groups excluding carboxylic acids is 2. The van der Waals surface area contributed by atoms with Gasteiger partial charge in [-0.15, -0.1) is 0 Å². The van der Waals surface area contributed by atoms with Crippen LogP contribution < -0.4 is 10.9 Å². The number of aromatic hydroxyl groups is 1. The molecule has 2 aromatic heterocycles. The number of rotatable bonds is 8. The molecule has 12 heteroatoms. The van der Waals surface area contributed by atoms with Crippen LogP contribution in [0.25, 0.3) is 11.7 Å². The van der Waals surface area contributed by atoms with Crippen LogP contribution in [-0.4, -0.2) is 85.6 Å². The van der Waals surface area contributed by atoms with Crippen LogP contribution in [0, 0.1) is 18.8 Å². The number of fused-ring (bicyclic) bond motifs is 1. The predicted molar refractivity (Wildman–Crippen MR) is 141 cm³/mol. The first-order chi connectivity index (χ1) is 18.4.